The summed E-state index contributed by atoms with van der Waals surface area (Å²) in [6.45, 7) is 6.08. The third-order valence-electron chi connectivity index (χ3n) is 2.96. The Morgan fingerprint density at radius 1 is 1.11 bits per heavy atom. The molecule has 1 unspecified atom stereocenters. The van der Waals surface area contributed by atoms with Crippen molar-refractivity contribution in [3.63, 3.8) is 0 Å². The van der Waals surface area contributed by atoms with Crippen molar-refractivity contribution in [3.8, 4) is 0 Å². The Labute approximate surface area is 115 Å². The van der Waals surface area contributed by atoms with Crippen molar-refractivity contribution in [2.75, 3.05) is 13.2 Å². The first kappa shape index (κ1) is 16.4. The maximum absolute atomic E-state index is 12.7. The zero-order valence-electron chi connectivity index (χ0n) is 11.8. The molecule has 0 saturated carbocycles. The van der Waals surface area contributed by atoms with Gasteiger partial charge in [-0.15, -0.1) is 0 Å². The van der Waals surface area contributed by atoms with E-state index in [1.165, 1.54) is 0 Å². The van der Waals surface area contributed by atoms with Crippen LogP contribution >= 0.6 is 7.37 Å². The van der Waals surface area contributed by atoms with E-state index >= 15 is 0 Å². The quantitative estimate of drug-likeness (QED) is 0.586. The van der Waals surface area contributed by atoms with Crippen LogP contribution in [0.5, 0.6) is 0 Å². The van der Waals surface area contributed by atoms with E-state index in [1.807, 2.05) is 30.3 Å². The molecule has 108 valence electrons. The second-order valence-electron chi connectivity index (χ2n) is 4.28. The summed E-state index contributed by atoms with van der Waals surface area (Å²) in [6, 6.07) is 9.25. The maximum Gasteiger partial charge on any atom is 0.262 e. The highest BCUT2D eigenvalue weighted by Gasteiger charge is 2.48. The van der Waals surface area contributed by atoms with Gasteiger partial charge in [0.05, 0.1) is 6.16 Å². The molecule has 0 fully saturated rings. The average molecular weight is 286 g/mol. The smallest absolute Gasteiger partial charge is 0.262 e. The third-order valence-corrected chi connectivity index (χ3v) is 5.39. The largest absolute Gasteiger partial charge is 0.342 e. The zero-order chi connectivity index (χ0) is 14.4. The molecule has 0 aliphatic heterocycles. The molecule has 0 radical (unpaired) electrons. The molecule has 1 N–H and O–H groups in total. The van der Waals surface area contributed by atoms with E-state index in [0.717, 1.165) is 5.56 Å². The van der Waals surface area contributed by atoms with Crippen LogP contribution in [0.3, 0.4) is 0 Å². The van der Waals surface area contributed by atoms with Gasteiger partial charge in [-0.2, -0.15) is 0 Å². The van der Waals surface area contributed by atoms with Crippen LogP contribution in [0.1, 0.15) is 32.8 Å². The third kappa shape index (κ3) is 3.90. The summed E-state index contributed by atoms with van der Waals surface area (Å²) in [5, 5.41) is 0. The lowest BCUT2D eigenvalue weighted by Gasteiger charge is -2.35. The lowest BCUT2D eigenvalue weighted by molar-refractivity contribution is -0.180. The standard InChI is InChI=1S/C14H23O4P/c1-4-14(17-5-2,18-6-3)19(15,16)12-13-10-8-7-9-11-13/h7-11H,4-6,12H2,1-3H3,(H,15,16). The molecule has 0 aliphatic rings. The zero-order valence-corrected chi connectivity index (χ0v) is 12.7. The van der Waals surface area contributed by atoms with Crippen LogP contribution in [0.25, 0.3) is 0 Å². The van der Waals surface area contributed by atoms with Gasteiger partial charge in [0.25, 0.3) is 7.37 Å². The molecule has 0 bridgehead atoms. The highest BCUT2D eigenvalue weighted by molar-refractivity contribution is 7.58. The summed E-state index contributed by atoms with van der Waals surface area (Å²) >= 11 is 0. The Morgan fingerprint density at radius 3 is 2.05 bits per heavy atom. The van der Waals surface area contributed by atoms with Crippen molar-refractivity contribution < 1.29 is 18.9 Å². The Morgan fingerprint density at radius 2 is 1.63 bits per heavy atom. The molecule has 0 aliphatic carbocycles. The van der Waals surface area contributed by atoms with Gasteiger partial charge in [0, 0.05) is 19.6 Å². The minimum Gasteiger partial charge on any atom is -0.342 e. The van der Waals surface area contributed by atoms with Crippen molar-refractivity contribution in [2.45, 2.75) is 38.9 Å². The predicted octanol–water partition coefficient (Wildman–Crippen LogP) is 3.59. The van der Waals surface area contributed by atoms with Crippen LogP contribution < -0.4 is 0 Å². The Bertz CT molecular complexity index is 413. The van der Waals surface area contributed by atoms with Gasteiger partial charge in [0.2, 0.25) is 5.53 Å². The summed E-state index contributed by atoms with van der Waals surface area (Å²) < 4.78 is 23.8. The van der Waals surface area contributed by atoms with Gasteiger partial charge in [-0.1, -0.05) is 37.3 Å². The van der Waals surface area contributed by atoms with Crippen LogP contribution in [-0.4, -0.2) is 23.6 Å². The summed E-state index contributed by atoms with van der Waals surface area (Å²) in [4.78, 5) is 10.4. The van der Waals surface area contributed by atoms with Gasteiger partial charge in [-0.05, 0) is 19.4 Å². The molecule has 1 rings (SSSR count). The number of hydrogen-bond acceptors (Lipinski definition) is 3. The Balaban J connectivity index is 3.01. The van der Waals surface area contributed by atoms with Gasteiger partial charge < -0.3 is 14.4 Å². The van der Waals surface area contributed by atoms with Gasteiger partial charge in [0.15, 0.2) is 0 Å². The fourth-order valence-electron chi connectivity index (χ4n) is 2.10. The maximum atomic E-state index is 12.7. The van der Waals surface area contributed by atoms with Crippen molar-refractivity contribution in [3.05, 3.63) is 35.9 Å². The lowest BCUT2D eigenvalue weighted by atomic mass is 10.2. The van der Waals surface area contributed by atoms with E-state index in [1.54, 1.807) is 20.8 Å². The van der Waals surface area contributed by atoms with Gasteiger partial charge in [0.1, 0.15) is 0 Å². The molecule has 0 amide bonds. The van der Waals surface area contributed by atoms with E-state index in [9.17, 15) is 9.46 Å². The van der Waals surface area contributed by atoms with Crippen LogP contribution in [0.2, 0.25) is 0 Å². The molecule has 0 aromatic heterocycles. The van der Waals surface area contributed by atoms with E-state index in [-0.39, 0.29) is 6.16 Å². The van der Waals surface area contributed by atoms with Gasteiger partial charge >= 0.3 is 0 Å². The summed E-state index contributed by atoms with van der Waals surface area (Å²) in [7, 11) is -3.63. The number of ether oxygens (including phenoxy) is 2. The molecular weight excluding hydrogens is 263 g/mol. The SMILES string of the molecule is CCOC(CC)(OCC)P(=O)(O)Cc1ccccc1. The molecule has 0 heterocycles. The van der Waals surface area contributed by atoms with Crippen LogP contribution in [0.4, 0.5) is 0 Å². The number of rotatable bonds is 8. The highest BCUT2D eigenvalue weighted by Crippen LogP contribution is 2.59. The molecule has 4 nitrogen and oxygen atoms in total. The van der Waals surface area contributed by atoms with Crippen molar-refractivity contribution in [1.29, 1.82) is 0 Å². The van der Waals surface area contributed by atoms with Crippen molar-refractivity contribution in [1.82, 2.24) is 0 Å². The lowest BCUT2D eigenvalue weighted by Crippen LogP contribution is -2.36. The molecule has 1 aromatic carbocycles. The second-order valence-corrected chi connectivity index (χ2v) is 6.68. The Hall–Kier alpha value is -0.670. The first-order chi connectivity index (χ1) is 9.01. The normalized spacial score (nSPS) is 15.2. The molecule has 5 heteroatoms. The topological polar surface area (TPSA) is 55.8 Å². The van der Waals surface area contributed by atoms with Crippen molar-refractivity contribution >= 4 is 7.37 Å². The fourth-order valence-corrected chi connectivity index (χ4v) is 4.20. The van der Waals surface area contributed by atoms with E-state index in [2.05, 4.69) is 0 Å². The number of hydrogen-bond donors (Lipinski definition) is 1. The number of benzene rings is 1. The van der Waals surface area contributed by atoms with Crippen molar-refractivity contribution in [2.24, 2.45) is 0 Å². The predicted molar refractivity (Wildman–Crippen MR) is 76.2 cm³/mol. The Kier molecular flexibility index (Phi) is 6.21. The molecule has 0 spiro atoms. The summed E-state index contributed by atoms with van der Waals surface area (Å²) in [6.07, 6.45) is 0.400. The second kappa shape index (κ2) is 7.20. The first-order valence-electron chi connectivity index (χ1n) is 6.65. The molecule has 1 aromatic rings. The molecule has 0 saturated heterocycles. The minimum atomic E-state index is -3.63. The van der Waals surface area contributed by atoms with E-state index < -0.39 is 12.9 Å². The monoisotopic (exact) mass is 286 g/mol. The van der Waals surface area contributed by atoms with Gasteiger partial charge in [-0.25, -0.2) is 0 Å². The van der Waals surface area contributed by atoms with Gasteiger partial charge in [-0.3, -0.25) is 4.57 Å². The van der Waals surface area contributed by atoms with E-state index in [4.69, 9.17) is 9.47 Å². The minimum absolute atomic E-state index is 0.0572. The first-order valence-corrected chi connectivity index (χ1v) is 8.49. The molecule has 19 heavy (non-hydrogen) atoms. The average Bonchev–Trinajstić information content (AvgIpc) is 2.38. The van der Waals surface area contributed by atoms with Crippen LogP contribution in [0.15, 0.2) is 30.3 Å². The fraction of sp³-hybridized carbons (Fsp3) is 0.571. The molecule has 1 atom stereocenters. The highest BCUT2D eigenvalue weighted by atomic mass is 31.2. The summed E-state index contributed by atoms with van der Waals surface area (Å²) in [5.41, 5.74) is -0.586. The van der Waals surface area contributed by atoms with Crippen LogP contribution in [0, 0.1) is 0 Å². The van der Waals surface area contributed by atoms with E-state index in [0.29, 0.717) is 19.6 Å². The molecular formula is C14H23O4P. The summed E-state index contributed by atoms with van der Waals surface area (Å²) in [5.74, 6) is 0. The van der Waals surface area contributed by atoms with Crippen LogP contribution in [-0.2, 0) is 20.2 Å².